The summed E-state index contributed by atoms with van der Waals surface area (Å²) >= 11 is 0. The second kappa shape index (κ2) is 6.39. The number of methoxy groups -OCH3 is 1. The van der Waals surface area contributed by atoms with Gasteiger partial charge in [-0.1, -0.05) is 13.8 Å². The van der Waals surface area contributed by atoms with E-state index in [-0.39, 0.29) is 12.5 Å². The molecule has 1 N–H and O–H groups in total. The number of aliphatic hydroxyl groups excluding tert-OH is 1. The van der Waals surface area contributed by atoms with Crippen molar-refractivity contribution in [1.29, 1.82) is 0 Å². The minimum Gasteiger partial charge on any atom is -0.497 e. The van der Waals surface area contributed by atoms with Crippen molar-refractivity contribution in [2.24, 2.45) is 0 Å². The van der Waals surface area contributed by atoms with Crippen molar-refractivity contribution < 1.29 is 14.6 Å². The molecule has 106 valence electrons. The topological polar surface area (TPSA) is 51.6 Å². The Morgan fingerprint density at radius 3 is 2.30 bits per heavy atom. The fourth-order valence-corrected chi connectivity index (χ4v) is 1.79. The fraction of sp³-hybridized carbons (Fsp3) is 0.312. The third kappa shape index (κ3) is 3.48. The van der Waals surface area contributed by atoms with Gasteiger partial charge < -0.3 is 14.6 Å². The molecule has 0 atom stereocenters. The van der Waals surface area contributed by atoms with Crippen LogP contribution < -0.4 is 9.47 Å². The van der Waals surface area contributed by atoms with Crippen molar-refractivity contribution >= 4 is 0 Å². The fourth-order valence-electron chi connectivity index (χ4n) is 1.79. The maximum Gasteiger partial charge on any atom is 0.219 e. The van der Waals surface area contributed by atoms with Gasteiger partial charge in [-0.25, -0.2) is 4.98 Å². The molecule has 0 amide bonds. The van der Waals surface area contributed by atoms with Gasteiger partial charge in [-0.2, -0.15) is 0 Å². The molecule has 0 aliphatic carbocycles. The van der Waals surface area contributed by atoms with E-state index in [1.54, 1.807) is 13.2 Å². The second-order valence-electron chi connectivity index (χ2n) is 4.83. The molecular formula is C16H19NO3. The van der Waals surface area contributed by atoms with Gasteiger partial charge in [0.2, 0.25) is 5.88 Å². The van der Waals surface area contributed by atoms with Gasteiger partial charge in [-0.15, -0.1) is 0 Å². The minimum atomic E-state index is -0.0266. The van der Waals surface area contributed by atoms with E-state index in [1.165, 1.54) is 0 Å². The van der Waals surface area contributed by atoms with Crippen LogP contribution in [-0.2, 0) is 6.61 Å². The molecule has 2 aromatic rings. The molecule has 1 aromatic heterocycles. The van der Waals surface area contributed by atoms with Crippen molar-refractivity contribution in [1.82, 2.24) is 4.98 Å². The molecule has 0 aliphatic rings. The Balaban J connectivity index is 2.24. The summed E-state index contributed by atoms with van der Waals surface area (Å²) in [6, 6.07) is 10.9. The van der Waals surface area contributed by atoms with Crippen LogP contribution in [-0.4, -0.2) is 17.2 Å². The predicted molar refractivity (Wildman–Crippen MR) is 77.3 cm³/mol. The molecule has 0 unspecified atom stereocenters. The second-order valence-corrected chi connectivity index (χ2v) is 4.83. The van der Waals surface area contributed by atoms with Gasteiger partial charge in [0.15, 0.2) is 0 Å². The molecule has 1 heterocycles. The third-order valence-corrected chi connectivity index (χ3v) is 2.94. The number of aromatic nitrogens is 1. The zero-order chi connectivity index (χ0) is 14.5. The Morgan fingerprint density at radius 2 is 1.75 bits per heavy atom. The molecule has 20 heavy (non-hydrogen) atoms. The van der Waals surface area contributed by atoms with Gasteiger partial charge in [0.25, 0.3) is 0 Å². The van der Waals surface area contributed by atoms with Gasteiger partial charge >= 0.3 is 0 Å². The Kier molecular flexibility index (Phi) is 4.58. The summed E-state index contributed by atoms with van der Waals surface area (Å²) in [5, 5.41) is 9.30. The zero-order valence-corrected chi connectivity index (χ0v) is 12.0. The first-order valence-corrected chi connectivity index (χ1v) is 6.56. The summed E-state index contributed by atoms with van der Waals surface area (Å²) in [5.41, 5.74) is 1.70. The number of rotatable bonds is 5. The Bertz CT molecular complexity index is 564. The highest BCUT2D eigenvalue weighted by Gasteiger charge is 2.08. The van der Waals surface area contributed by atoms with Crippen molar-refractivity contribution in [3.05, 3.63) is 47.7 Å². The monoisotopic (exact) mass is 273 g/mol. The van der Waals surface area contributed by atoms with Crippen LogP contribution in [0.4, 0.5) is 0 Å². The summed E-state index contributed by atoms with van der Waals surface area (Å²) in [4.78, 5) is 4.45. The number of ether oxygens (including phenoxy) is 2. The number of hydrogen-bond acceptors (Lipinski definition) is 4. The lowest BCUT2D eigenvalue weighted by Crippen LogP contribution is -1.98. The minimum absolute atomic E-state index is 0.0266. The molecule has 1 aromatic carbocycles. The Hall–Kier alpha value is -2.07. The van der Waals surface area contributed by atoms with Crippen LogP contribution in [0.15, 0.2) is 36.4 Å². The third-order valence-electron chi connectivity index (χ3n) is 2.94. The van der Waals surface area contributed by atoms with E-state index >= 15 is 0 Å². The van der Waals surface area contributed by atoms with Gasteiger partial charge in [0.1, 0.15) is 11.5 Å². The lowest BCUT2D eigenvalue weighted by atomic mass is 10.1. The standard InChI is InChI=1S/C16H19NO3/c1-11(2)15-8-12(10-18)9-16(17-15)20-14-6-4-13(19-3)5-7-14/h4-9,11,18H,10H2,1-3H3. The van der Waals surface area contributed by atoms with Crippen molar-refractivity contribution in [3.63, 3.8) is 0 Å². The van der Waals surface area contributed by atoms with E-state index in [9.17, 15) is 5.11 Å². The van der Waals surface area contributed by atoms with Gasteiger partial charge in [0.05, 0.1) is 13.7 Å². The molecule has 0 bridgehead atoms. The number of aliphatic hydroxyl groups is 1. The highest BCUT2D eigenvalue weighted by atomic mass is 16.5. The number of benzene rings is 1. The predicted octanol–water partition coefficient (Wildman–Crippen LogP) is 3.50. The normalized spacial score (nSPS) is 10.7. The van der Waals surface area contributed by atoms with E-state index < -0.39 is 0 Å². The van der Waals surface area contributed by atoms with Crippen LogP contribution in [0.5, 0.6) is 17.4 Å². The van der Waals surface area contributed by atoms with Crippen LogP contribution in [0.3, 0.4) is 0 Å². The molecule has 0 spiro atoms. The molecule has 4 nitrogen and oxygen atoms in total. The SMILES string of the molecule is COc1ccc(Oc2cc(CO)cc(C(C)C)n2)cc1. The van der Waals surface area contributed by atoms with Crippen LogP contribution in [0.25, 0.3) is 0 Å². The average molecular weight is 273 g/mol. The smallest absolute Gasteiger partial charge is 0.219 e. The first kappa shape index (κ1) is 14.3. The van der Waals surface area contributed by atoms with Gasteiger partial charge in [-0.3, -0.25) is 0 Å². The molecule has 0 radical (unpaired) electrons. The molecule has 0 saturated heterocycles. The van der Waals surface area contributed by atoms with Crippen LogP contribution in [0.1, 0.15) is 31.0 Å². The molecule has 4 heteroatoms. The van der Waals surface area contributed by atoms with Crippen LogP contribution in [0, 0.1) is 0 Å². The Morgan fingerprint density at radius 1 is 1.10 bits per heavy atom. The molecule has 0 aliphatic heterocycles. The van der Waals surface area contributed by atoms with Crippen molar-refractivity contribution in [3.8, 4) is 17.4 Å². The van der Waals surface area contributed by atoms with E-state index in [4.69, 9.17) is 9.47 Å². The maximum absolute atomic E-state index is 9.30. The molecule has 0 fully saturated rings. The summed E-state index contributed by atoms with van der Waals surface area (Å²) in [5.74, 6) is 2.23. The molecular weight excluding hydrogens is 254 g/mol. The molecule has 0 saturated carbocycles. The van der Waals surface area contributed by atoms with E-state index in [0.29, 0.717) is 11.6 Å². The first-order chi connectivity index (χ1) is 9.62. The lowest BCUT2D eigenvalue weighted by molar-refractivity contribution is 0.280. The van der Waals surface area contributed by atoms with Gasteiger partial charge in [-0.05, 0) is 41.8 Å². The number of hydrogen-bond donors (Lipinski definition) is 1. The van der Waals surface area contributed by atoms with E-state index in [2.05, 4.69) is 18.8 Å². The average Bonchev–Trinajstić information content (AvgIpc) is 2.47. The van der Waals surface area contributed by atoms with Gasteiger partial charge in [0, 0.05) is 11.8 Å². The zero-order valence-electron chi connectivity index (χ0n) is 12.0. The van der Waals surface area contributed by atoms with Crippen molar-refractivity contribution in [2.45, 2.75) is 26.4 Å². The first-order valence-electron chi connectivity index (χ1n) is 6.56. The van der Waals surface area contributed by atoms with Crippen LogP contribution in [0.2, 0.25) is 0 Å². The summed E-state index contributed by atoms with van der Waals surface area (Å²) in [7, 11) is 1.62. The highest BCUT2D eigenvalue weighted by Crippen LogP contribution is 2.25. The maximum atomic E-state index is 9.30. The Labute approximate surface area is 119 Å². The lowest BCUT2D eigenvalue weighted by Gasteiger charge is -2.11. The summed E-state index contributed by atoms with van der Waals surface area (Å²) in [6.45, 7) is 4.09. The number of nitrogens with zero attached hydrogens (tertiary/aromatic N) is 1. The number of pyridine rings is 1. The van der Waals surface area contributed by atoms with E-state index in [1.807, 2.05) is 30.3 Å². The van der Waals surface area contributed by atoms with Crippen LogP contribution >= 0.6 is 0 Å². The summed E-state index contributed by atoms with van der Waals surface area (Å²) < 4.78 is 10.8. The highest BCUT2D eigenvalue weighted by molar-refractivity contribution is 5.35. The molecule has 2 rings (SSSR count). The van der Waals surface area contributed by atoms with E-state index in [0.717, 1.165) is 17.0 Å². The van der Waals surface area contributed by atoms with Crippen molar-refractivity contribution in [2.75, 3.05) is 7.11 Å². The largest absolute Gasteiger partial charge is 0.497 e. The summed E-state index contributed by atoms with van der Waals surface area (Å²) in [6.07, 6.45) is 0. The quantitative estimate of drug-likeness (QED) is 0.906.